The maximum absolute atomic E-state index is 12.9. The van der Waals surface area contributed by atoms with Gasteiger partial charge in [-0.2, -0.15) is 4.31 Å². The number of piperazine rings is 1. The van der Waals surface area contributed by atoms with Gasteiger partial charge in [-0.3, -0.25) is 0 Å². The second kappa shape index (κ2) is 9.78. The minimum Gasteiger partial charge on any atom is -0.331 e. The molecule has 0 bridgehead atoms. The number of sulfonamides is 1. The van der Waals surface area contributed by atoms with Crippen molar-refractivity contribution in [3.8, 4) is 0 Å². The normalized spacial score (nSPS) is 16.8. The van der Waals surface area contributed by atoms with E-state index < -0.39 is 16.1 Å². The minimum absolute atomic E-state index is 0.176. The summed E-state index contributed by atoms with van der Waals surface area (Å²) in [5.74, 6) is 0. The van der Waals surface area contributed by atoms with Gasteiger partial charge in [0.25, 0.3) is 0 Å². The molecule has 1 fully saturated rings. The summed E-state index contributed by atoms with van der Waals surface area (Å²) in [6.07, 6.45) is 0.701. The van der Waals surface area contributed by atoms with Crippen LogP contribution in [0.4, 0.5) is 10.5 Å². The molecule has 1 aliphatic heterocycles. The Balaban J connectivity index is 1.68. The highest BCUT2D eigenvalue weighted by Gasteiger charge is 2.27. The SMILES string of the molecule is CCC(NC(=O)Nc1cccc(S(=O)(=O)N2CCN(C)CC2)c1)c1ccc(Cl)cc1. The lowest BCUT2D eigenvalue weighted by molar-refractivity contribution is 0.222. The van der Waals surface area contributed by atoms with Gasteiger partial charge in [-0.1, -0.05) is 36.7 Å². The third kappa shape index (κ3) is 5.51. The molecule has 0 radical (unpaired) electrons. The zero-order valence-electron chi connectivity index (χ0n) is 17.1. The van der Waals surface area contributed by atoms with Crippen LogP contribution in [0, 0.1) is 0 Å². The van der Waals surface area contributed by atoms with Gasteiger partial charge in [0.15, 0.2) is 0 Å². The molecule has 9 heteroatoms. The summed E-state index contributed by atoms with van der Waals surface area (Å²) in [4.78, 5) is 14.8. The Morgan fingerprint density at radius 3 is 2.40 bits per heavy atom. The first-order valence-corrected chi connectivity index (χ1v) is 11.7. The van der Waals surface area contributed by atoms with E-state index in [0.29, 0.717) is 43.3 Å². The molecule has 1 aliphatic rings. The lowest BCUT2D eigenvalue weighted by Gasteiger charge is -2.31. The van der Waals surface area contributed by atoms with E-state index in [0.717, 1.165) is 5.56 Å². The molecule has 2 aromatic rings. The molecule has 0 spiro atoms. The summed E-state index contributed by atoms with van der Waals surface area (Å²) in [5, 5.41) is 6.30. The summed E-state index contributed by atoms with van der Waals surface area (Å²) in [5.41, 5.74) is 1.37. The van der Waals surface area contributed by atoms with Crippen LogP contribution < -0.4 is 10.6 Å². The van der Waals surface area contributed by atoms with Gasteiger partial charge < -0.3 is 15.5 Å². The first kappa shape index (κ1) is 22.6. The topological polar surface area (TPSA) is 81.8 Å². The quantitative estimate of drug-likeness (QED) is 0.705. The fourth-order valence-electron chi connectivity index (χ4n) is 3.35. The van der Waals surface area contributed by atoms with E-state index in [4.69, 9.17) is 11.6 Å². The van der Waals surface area contributed by atoms with Crippen LogP contribution in [0.2, 0.25) is 5.02 Å². The minimum atomic E-state index is -3.60. The molecule has 0 aliphatic carbocycles. The van der Waals surface area contributed by atoms with Crippen molar-refractivity contribution < 1.29 is 13.2 Å². The molecule has 2 aromatic carbocycles. The highest BCUT2D eigenvalue weighted by molar-refractivity contribution is 7.89. The smallest absolute Gasteiger partial charge is 0.319 e. The number of nitrogens with zero attached hydrogens (tertiary/aromatic N) is 2. The summed E-state index contributed by atoms with van der Waals surface area (Å²) in [6, 6.07) is 13.1. The van der Waals surface area contributed by atoms with Gasteiger partial charge in [-0.25, -0.2) is 13.2 Å². The largest absolute Gasteiger partial charge is 0.331 e. The molecule has 30 heavy (non-hydrogen) atoms. The monoisotopic (exact) mass is 450 g/mol. The zero-order valence-corrected chi connectivity index (χ0v) is 18.7. The third-order valence-electron chi connectivity index (χ3n) is 5.18. The van der Waals surface area contributed by atoms with Crippen molar-refractivity contribution >= 4 is 33.3 Å². The maximum atomic E-state index is 12.9. The summed E-state index contributed by atoms with van der Waals surface area (Å²) in [7, 11) is -1.62. The number of hydrogen-bond acceptors (Lipinski definition) is 4. The Bertz CT molecular complexity index is 974. The lowest BCUT2D eigenvalue weighted by atomic mass is 10.1. The molecule has 7 nitrogen and oxygen atoms in total. The number of carbonyl (C=O) groups excluding carboxylic acids is 1. The van der Waals surface area contributed by atoms with E-state index in [1.165, 1.54) is 10.4 Å². The van der Waals surface area contributed by atoms with Crippen molar-refractivity contribution in [2.75, 3.05) is 38.5 Å². The Morgan fingerprint density at radius 2 is 1.77 bits per heavy atom. The summed E-state index contributed by atoms with van der Waals surface area (Å²) >= 11 is 5.93. The first-order valence-electron chi connectivity index (χ1n) is 9.91. The average Bonchev–Trinajstić information content (AvgIpc) is 2.73. The molecule has 3 rings (SSSR count). The van der Waals surface area contributed by atoms with Crippen LogP contribution in [-0.2, 0) is 10.0 Å². The number of halogens is 1. The molecule has 1 heterocycles. The Hall–Kier alpha value is -2.13. The number of anilines is 1. The number of likely N-dealkylation sites (N-methyl/N-ethyl adjacent to an activating group) is 1. The van der Waals surface area contributed by atoms with Gasteiger partial charge in [-0.15, -0.1) is 0 Å². The zero-order chi connectivity index (χ0) is 21.7. The van der Waals surface area contributed by atoms with E-state index in [1.54, 1.807) is 30.3 Å². The summed E-state index contributed by atoms with van der Waals surface area (Å²) < 4.78 is 27.4. The second-order valence-electron chi connectivity index (χ2n) is 7.35. The molecule has 0 aromatic heterocycles. The molecule has 1 unspecified atom stereocenters. The number of rotatable bonds is 6. The Labute approximate surface area is 183 Å². The Morgan fingerprint density at radius 1 is 1.10 bits per heavy atom. The average molecular weight is 451 g/mol. The maximum Gasteiger partial charge on any atom is 0.319 e. The molecule has 2 N–H and O–H groups in total. The van der Waals surface area contributed by atoms with Crippen LogP contribution >= 0.6 is 11.6 Å². The predicted octanol–water partition coefficient (Wildman–Crippen LogP) is 3.55. The number of nitrogens with one attached hydrogen (secondary N) is 2. The van der Waals surface area contributed by atoms with Gasteiger partial charge in [0.05, 0.1) is 10.9 Å². The Kier molecular flexibility index (Phi) is 7.36. The fraction of sp³-hybridized carbons (Fsp3) is 0.381. The molecular weight excluding hydrogens is 424 g/mol. The van der Waals surface area contributed by atoms with Crippen LogP contribution in [0.25, 0.3) is 0 Å². The van der Waals surface area contributed by atoms with E-state index in [1.807, 2.05) is 26.1 Å². The number of amides is 2. The van der Waals surface area contributed by atoms with Crippen LogP contribution in [0.1, 0.15) is 24.9 Å². The predicted molar refractivity (Wildman–Crippen MR) is 119 cm³/mol. The van der Waals surface area contributed by atoms with Crippen molar-refractivity contribution in [1.82, 2.24) is 14.5 Å². The van der Waals surface area contributed by atoms with E-state index >= 15 is 0 Å². The lowest BCUT2D eigenvalue weighted by Crippen LogP contribution is -2.47. The van der Waals surface area contributed by atoms with Crippen LogP contribution in [0.5, 0.6) is 0 Å². The van der Waals surface area contributed by atoms with E-state index in [-0.39, 0.29) is 10.9 Å². The van der Waals surface area contributed by atoms with Crippen LogP contribution in [-0.4, -0.2) is 56.9 Å². The van der Waals surface area contributed by atoms with Gasteiger partial charge in [0, 0.05) is 36.9 Å². The molecule has 2 amide bonds. The van der Waals surface area contributed by atoms with Crippen LogP contribution in [0.15, 0.2) is 53.4 Å². The van der Waals surface area contributed by atoms with Crippen molar-refractivity contribution in [2.45, 2.75) is 24.3 Å². The van der Waals surface area contributed by atoms with E-state index in [9.17, 15) is 13.2 Å². The van der Waals surface area contributed by atoms with Gasteiger partial charge in [-0.05, 0) is 49.4 Å². The van der Waals surface area contributed by atoms with Gasteiger partial charge in [0.1, 0.15) is 0 Å². The van der Waals surface area contributed by atoms with Gasteiger partial charge >= 0.3 is 6.03 Å². The molecule has 162 valence electrons. The van der Waals surface area contributed by atoms with Crippen molar-refractivity contribution in [3.05, 3.63) is 59.1 Å². The third-order valence-corrected chi connectivity index (χ3v) is 7.32. The molecular formula is C21H27ClN4O3S. The van der Waals surface area contributed by atoms with Crippen molar-refractivity contribution in [2.24, 2.45) is 0 Å². The fourth-order valence-corrected chi connectivity index (χ4v) is 4.95. The van der Waals surface area contributed by atoms with Crippen molar-refractivity contribution in [3.63, 3.8) is 0 Å². The highest BCUT2D eigenvalue weighted by Crippen LogP contribution is 2.22. The highest BCUT2D eigenvalue weighted by atomic mass is 35.5. The number of hydrogen-bond donors (Lipinski definition) is 2. The molecule has 1 saturated heterocycles. The second-order valence-corrected chi connectivity index (χ2v) is 9.72. The number of benzene rings is 2. The van der Waals surface area contributed by atoms with Crippen LogP contribution in [0.3, 0.4) is 0 Å². The van der Waals surface area contributed by atoms with Gasteiger partial charge in [0.2, 0.25) is 10.0 Å². The van der Waals surface area contributed by atoms with Crippen molar-refractivity contribution in [1.29, 1.82) is 0 Å². The van der Waals surface area contributed by atoms with E-state index in [2.05, 4.69) is 15.5 Å². The number of carbonyl (C=O) groups is 1. The standard InChI is InChI=1S/C21H27ClN4O3S/c1-3-20(16-7-9-17(22)10-8-16)24-21(27)23-18-5-4-6-19(15-18)30(28,29)26-13-11-25(2)12-14-26/h4-10,15,20H,3,11-14H2,1-2H3,(H2,23,24,27). The number of urea groups is 1. The molecule has 1 atom stereocenters. The summed E-state index contributed by atoms with van der Waals surface area (Å²) in [6.45, 7) is 4.28. The first-order chi connectivity index (χ1) is 14.3. The molecule has 0 saturated carbocycles.